The van der Waals surface area contributed by atoms with Crippen molar-refractivity contribution in [2.75, 3.05) is 11.1 Å². The van der Waals surface area contributed by atoms with Crippen molar-refractivity contribution in [1.29, 1.82) is 0 Å². The second kappa shape index (κ2) is 5.22. The molecule has 0 radical (unpaired) electrons. The SMILES string of the molecule is Cc1cc(F)cc(Nc2cc(N)nc(C(C)C)n2)c1. The molecule has 2 rings (SSSR count). The van der Waals surface area contributed by atoms with E-state index in [9.17, 15) is 4.39 Å². The molecule has 0 aliphatic rings. The van der Waals surface area contributed by atoms with Crippen molar-refractivity contribution < 1.29 is 4.39 Å². The van der Waals surface area contributed by atoms with Crippen molar-refractivity contribution in [2.45, 2.75) is 26.7 Å². The van der Waals surface area contributed by atoms with Crippen molar-refractivity contribution in [3.8, 4) is 0 Å². The minimum atomic E-state index is -0.284. The Kier molecular flexibility index (Phi) is 3.64. The molecule has 1 aromatic carbocycles. The summed E-state index contributed by atoms with van der Waals surface area (Å²) in [5, 5.41) is 3.05. The van der Waals surface area contributed by atoms with Gasteiger partial charge in [0.25, 0.3) is 0 Å². The Hall–Kier alpha value is -2.17. The minimum absolute atomic E-state index is 0.179. The molecule has 19 heavy (non-hydrogen) atoms. The van der Waals surface area contributed by atoms with Gasteiger partial charge in [-0.15, -0.1) is 0 Å². The molecule has 0 amide bonds. The number of hydrogen-bond donors (Lipinski definition) is 2. The Bertz CT molecular complexity index is 576. The smallest absolute Gasteiger partial charge is 0.136 e. The molecule has 0 unspecified atom stereocenters. The lowest BCUT2D eigenvalue weighted by Gasteiger charge is -2.10. The first-order valence-corrected chi connectivity index (χ1v) is 6.12. The predicted molar refractivity (Wildman–Crippen MR) is 75.0 cm³/mol. The van der Waals surface area contributed by atoms with E-state index in [4.69, 9.17) is 5.73 Å². The van der Waals surface area contributed by atoms with E-state index >= 15 is 0 Å². The fraction of sp³-hybridized carbons (Fsp3) is 0.286. The molecular weight excluding hydrogens is 243 g/mol. The van der Waals surface area contributed by atoms with Crippen LogP contribution in [0.1, 0.15) is 31.2 Å². The molecule has 0 bridgehead atoms. The van der Waals surface area contributed by atoms with Crippen molar-refractivity contribution in [2.24, 2.45) is 0 Å². The summed E-state index contributed by atoms with van der Waals surface area (Å²) in [7, 11) is 0. The second-order valence-electron chi connectivity index (χ2n) is 4.83. The number of nitrogens with zero attached hydrogens (tertiary/aromatic N) is 2. The minimum Gasteiger partial charge on any atom is -0.384 e. The number of anilines is 3. The summed E-state index contributed by atoms with van der Waals surface area (Å²) in [6, 6.07) is 6.36. The van der Waals surface area contributed by atoms with Crippen LogP contribution < -0.4 is 11.1 Å². The van der Waals surface area contributed by atoms with Crippen LogP contribution in [0.4, 0.5) is 21.7 Å². The quantitative estimate of drug-likeness (QED) is 0.888. The number of nitrogens with one attached hydrogen (secondary N) is 1. The average molecular weight is 260 g/mol. The first-order chi connectivity index (χ1) is 8.94. The summed E-state index contributed by atoms with van der Waals surface area (Å²) >= 11 is 0. The maximum atomic E-state index is 13.3. The monoisotopic (exact) mass is 260 g/mol. The third-order valence-electron chi connectivity index (χ3n) is 2.59. The summed E-state index contributed by atoms with van der Waals surface area (Å²) in [5.74, 6) is 1.53. The number of hydrogen-bond acceptors (Lipinski definition) is 4. The Morgan fingerprint density at radius 2 is 1.89 bits per heavy atom. The lowest BCUT2D eigenvalue weighted by molar-refractivity contribution is 0.627. The van der Waals surface area contributed by atoms with Gasteiger partial charge in [-0.1, -0.05) is 13.8 Å². The Balaban J connectivity index is 2.32. The lowest BCUT2D eigenvalue weighted by atomic mass is 10.2. The van der Waals surface area contributed by atoms with Crippen LogP contribution in [-0.2, 0) is 0 Å². The molecule has 0 aliphatic carbocycles. The highest BCUT2D eigenvalue weighted by molar-refractivity contribution is 5.59. The van der Waals surface area contributed by atoms with Gasteiger partial charge in [-0.05, 0) is 30.7 Å². The largest absolute Gasteiger partial charge is 0.384 e. The van der Waals surface area contributed by atoms with Crippen LogP contribution in [0.5, 0.6) is 0 Å². The number of benzene rings is 1. The second-order valence-corrected chi connectivity index (χ2v) is 4.83. The van der Waals surface area contributed by atoms with E-state index in [0.29, 0.717) is 23.1 Å². The molecular formula is C14H17FN4. The van der Waals surface area contributed by atoms with Gasteiger partial charge in [0.05, 0.1) is 0 Å². The van der Waals surface area contributed by atoms with Crippen molar-refractivity contribution in [3.05, 3.63) is 41.5 Å². The van der Waals surface area contributed by atoms with E-state index in [2.05, 4.69) is 15.3 Å². The van der Waals surface area contributed by atoms with Crippen LogP contribution in [0.15, 0.2) is 24.3 Å². The molecule has 0 spiro atoms. The van der Waals surface area contributed by atoms with Gasteiger partial charge in [0, 0.05) is 17.7 Å². The average Bonchev–Trinajstić information content (AvgIpc) is 2.26. The van der Waals surface area contributed by atoms with Crippen LogP contribution >= 0.6 is 0 Å². The van der Waals surface area contributed by atoms with E-state index < -0.39 is 0 Å². The molecule has 3 N–H and O–H groups in total. The molecule has 0 atom stereocenters. The topological polar surface area (TPSA) is 63.8 Å². The maximum Gasteiger partial charge on any atom is 0.136 e. The number of aryl methyl sites for hydroxylation is 1. The van der Waals surface area contributed by atoms with Gasteiger partial charge < -0.3 is 11.1 Å². The van der Waals surface area contributed by atoms with Gasteiger partial charge in [-0.3, -0.25) is 0 Å². The fourth-order valence-electron chi connectivity index (χ4n) is 1.76. The number of nitrogen functional groups attached to an aromatic ring is 1. The number of rotatable bonds is 3. The Morgan fingerprint density at radius 1 is 1.16 bits per heavy atom. The molecule has 0 fully saturated rings. The van der Waals surface area contributed by atoms with Gasteiger partial charge >= 0.3 is 0 Å². The van der Waals surface area contributed by atoms with Gasteiger partial charge in [-0.25, -0.2) is 14.4 Å². The molecule has 1 aromatic heterocycles. The Morgan fingerprint density at radius 3 is 2.53 bits per heavy atom. The fourth-order valence-corrected chi connectivity index (χ4v) is 1.76. The van der Waals surface area contributed by atoms with Gasteiger partial charge in [0.2, 0.25) is 0 Å². The van der Waals surface area contributed by atoms with E-state index in [0.717, 1.165) is 5.56 Å². The highest BCUT2D eigenvalue weighted by atomic mass is 19.1. The van der Waals surface area contributed by atoms with E-state index in [1.54, 1.807) is 6.07 Å². The van der Waals surface area contributed by atoms with E-state index in [1.165, 1.54) is 12.1 Å². The summed E-state index contributed by atoms with van der Waals surface area (Å²) in [6.45, 7) is 5.82. The van der Waals surface area contributed by atoms with Gasteiger partial charge in [0.15, 0.2) is 0 Å². The zero-order valence-electron chi connectivity index (χ0n) is 11.2. The van der Waals surface area contributed by atoms with Crippen LogP contribution in [0.2, 0.25) is 0 Å². The number of aromatic nitrogens is 2. The number of halogens is 1. The summed E-state index contributed by atoms with van der Waals surface area (Å²) in [4.78, 5) is 8.53. The molecule has 1 heterocycles. The van der Waals surface area contributed by atoms with Crippen LogP contribution in [0, 0.1) is 12.7 Å². The molecule has 0 saturated carbocycles. The summed E-state index contributed by atoms with van der Waals surface area (Å²) < 4.78 is 13.3. The van der Waals surface area contributed by atoms with Crippen LogP contribution in [0.25, 0.3) is 0 Å². The molecule has 5 heteroatoms. The third-order valence-corrected chi connectivity index (χ3v) is 2.59. The van der Waals surface area contributed by atoms with E-state index in [-0.39, 0.29) is 11.7 Å². The highest BCUT2D eigenvalue weighted by Gasteiger charge is 2.07. The zero-order chi connectivity index (χ0) is 14.0. The molecule has 0 saturated heterocycles. The standard InChI is InChI=1S/C14H17FN4/c1-8(2)14-18-12(16)7-13(19-14)17-11-5-9(3)4-10(15)6-11/h4-8H,1-3H3,(H3,16,17,18,19). The summed E-state index contributed by atoms with van der Waals surface area (Å²) in [5.41, 5.74) is 7.23. The van der Waals surface area contributed by atoms with Crippen molar-refractivity contribution in [3.63, 3.8) is 0 Å². The number of nitrogens with two attached hydrogens (primary N) is 1. The van der Waals surface area contributed by atoms with Crippen molar-refractivity contribution in [1.82, 2.24) is 9.97 Å². The molecule has 100 valence electrons. The zero-order valence-corrected chi connectivity index (χ0v) is 11.2. The summed E-state index contributed by atoms with van der Waals surface area (Å²) in [6.07, 6.45) is 0. The first-order valence-electron chi connectivity index (χ1n) is 6.12. The van der Waals surface area contributed by atoms with Crippen LogP contribution in [0.3, 0.4) is 0 Å². The lowest BCUT2D eigenvalue weighted by Crippen LogP contribution is -2.05. The van der Waals surface area contributed by atoms with E-state index in [1.807, 2.05) is 26.8 Å². The van der Waals surface area contributed by atoms with Crippen molar-refractivity contribution >= 4 is 17.3 Å². The highest BCUT2D eigenvalue weighted by Crippen LogP contribution is 2.20. The molecule has 2 aromatic rings. The predicted octanol–water partition coefficient (Wildman–Crippen LogP) is 3.37. The third kappa shape index (κ3) is 3.40. The molecule has 4 nitrogen and oxygen atoms in total. The maximum absolute atomic E-state index is 13.3. The Labute approximate surface area is 111 Å². The first kappa shape index (κ1) is 13.3. The van der Waals surface area contributed by atoms with Gasteiger partial charge in [0.1, 0.15) is 23.3 Å². The van der Waals surface area contributed by atoms with Gasteiger partial charge in [-0.2, -0.15) is 0 Å². The molecule has 0 aliphatic heterocycles. The van der Waals surface area contributed by atoms with Crippen LogP contribution in [-0.4, -0.2) is 9.97 Å². The normalized spacial score (nSPS) is 10.8.